The Morgan fingerprint density at radius 1 is 1.19 bits per heavy atom. The minimum Gasteiger partial charge on any atom is -0.366 e. The number of primary amides is 1. The molecule has 1 aliphatic rings. The van der Waals surface area contributed by atoms with E-state index in [0.29, 0.717) is 36.5 Å². The average molecular weight is 498 g/mol. The number of thiophene rings is 1. The van der Waals surface area contributed by atoms with Crippen LogP contribution in [0.2, 0.25) is 5.02 Å². The first-order chi connectivity index (χ1) is 14.7. The Hall–Kier alpha value is -1.93. The number of nitrogens with two attached hydrogens (primary N) is 1. The Balaban J connectivity index is 0.00000363. The smallest absolute Gasteiger partial charge is 0.250 e. The van der Waals surface area contributed by atoms with Gasteiger partial charge in [0.1, 0.15) is 5.78 Å². The highest BCUT2D eigenvalue weighted by Gasteiger charge is 2.27. The van der Waals surface area contributed by atoms with Crippen LogP contribution in [0.5, 0.6) is 0 Å². The minimum absolute atomic E-state index is 0. The second-order valence-corrected chi connectivity index (χ2v) is 9.81. The van der Waals surface area contributed by atoms with Gasteiger partial charge in [-0.2, -0.15) is 0 Å². The van der Waals surface area contributed by atoms with Crippen molar-refractivity contribution in [2.45, 2.75) is 52.1 Å². The lowest BCUT2D eigenvalue weighted by atomic mass is 9.98. The molecule has 0 spiro atoms. The molecule has 6 nitrogen and oxygen atoms in total. The molecule has 0 radical (unpaired) electrons. The van der Waals surface area contributed by atoms with Crippen LogP contribution in [0.4, 0.5) is 0 Å². The number of Topliss-reactive ketones (excluding diaryl/α,β-unsaturated/α-hetero) is 1. The molecule has 1 aromatic carbocycles. The largest absolute Gasteiger partial charge is 0.366 e. The molecular formula is C23H29Cl2N3O3S. The Morgan fingerprint density at radius 3 is 2.50 bits per heavy atom. The topological polar surface area (TPSA) is 92.5 Å². The Kier molecular flexibility index (Phi) is 9.70. The van der Waals surface area contributed by atoms with E-state index in [1.807, 2.05) is 26.0 Å². The van der Waals surface area contributed by atoms with E-state index in [1.165, 1.54) is 11.3 Å². The van der Waals surface area contributed by atoms with Gasteiger partial charge in [0.05, 0.1) is 5.56 Å². The first-order valence-electron chi connectivity index (χ1n) is 10.4. The van der Waals surface area contributed by atoms with E-state index in [1.54, 1.807) is 12.1 Å². The van der Waals surface area contributed by atoms with Gasteiger partial charge in [0.15, 0.2) is 0 Å². The highest BCUT2D eigenvalue weighted by molar-refractivity contribution is 7.12. The number of amides is 2. The predicted octanol–water partition coefficient (Wildman–Crippen LogP) is 3.55. The number of fused-ring (bicyclic) bond motifs is 1. The quantitative estimate of drug-likeness (QED) is 0.553. The molecule has 0 atom stereocenters. The van der Waals surface area contributed by atoms with Gasteiger partial charge in [-0.3, -0.25) is 19.3 Å². The monoisotopic (exact) mass is 497 g/mol. The molecule has 1 aromatic heterocycles. The van der Waals surface area contributed by atoms with Gasteiger partial charge in [-0.1, -0.05) is 23.7 Å². The second kappa shape index (κ2) is 11.8. The summed E-state index contributed by atoms with van der Waals surface area (Å²) in [5, 5.41) is 3.53. The van der Waals surface area contributed by atoms with Crippen LogP contribution in [0.25, 0.3) is 0 Å². The van der Waals surface area contributed by atoms with Crippen LogP contribution in [0.15, 0.2) is 24.3 Å². The van der Waals surface area contributed by atoms with Crippen LogP contribution >= 0.6 is 35.3 Å². The van der Waals surface area contributed by atoms with E-state index in [0.717, 1.165) is 27.4 Å². The summed E-state index contributed by atoms with van der Waals surface area (Å²) >= 11 is 7.40. The van der Waals surface area contributed by atoms with Crippen LogP contribution in [-0.4, -0.2) is 41.6 Å². The summed E-state index contributed by atoms with van der Waals surface area (Å²) in [4.78, 5) is 40.8. The van der Waals surface area contributed by atoms with E-state index in [2.05, 4.69) is 10.2 Å². The van der Waals surface area contributed by atoms with Crippen LogP contribution in [0, 0.1) is 0 Å². The van der Waals surface area contributed by atoms with Gasteiger partial charge in [0.25, 0.3) is 0 Å². The molecule has 1 aliphatic heterocycles. The zero-order valence-corrected chi connectivity index (χ0v) is 20.7. The van der Waals surface area contributed by atoms with Crippen molar-refractivity contribution < 1.29 is 14.4 Å². The zero-order valence-electron chi connectivity index (χ0n) is 18.3. The number of rotatable bonds is 9. The van der Waals surface area contributed by atoms with Crippen molar-refractivity contribution in [2.24, 2.45) is 5.73 Å². The molecule has 0 saturated carbocycles. The Bertz CT molecular complexity index is 974. The molecule has 0 saturated heterocycles. The number of ketones is 1. The number of halogens is 2. The fourth-order valence-electron chi connectivity index (χ4n) is 3.84. The van der Waals surface area contributed by atoms with Crippen molar-refractivity contribution in [1.82, 2.24) is 10.2 Å². The van der Waals surface area contributed by atoms with Crippen LogP contribution < -0.4 is 11.1 Å². The molecule has 0 fully saturated rings. The zero-order chi connectivity index (χ0) is 22.5. The summed E-state index contributed by atoms with van der Waals surface area (Å²) in [5.74, 6) is -0.402. The van der Waals surface area contributed by atoms with Gasteiger partial charge in [0.2, 0.25) is 11.8 Å². The fraction of sp³-hybridized carbons (Fsp3) is 0.435. The molecule has 3 N–H and O–H groups in total. The third-order valence-electron chi connectivity index (χ3n) is 5.23. The summed E-state index contributed by atoms with van der Waals surface area (Å²) in [7, 11) is 0. The Morgan fingerprint density at radius 2 is 1.88 bits per heavy atom. The standard InChI is InChI=1S/C23H28ClN3O3S.ClH/c1-14(2)26-21(29)8-10-27-9-7-18-20(13-27)31-19(22(18)23(25)30)12-17(28)11-15-3-5-16(24)6-4-15;/h3-6,14H,7-13H2,1-2H3,(H2,25,30)(H,26,29);1H. The third-order valence-corrected chi connectivity index (χ3v) is 6.70. The maximum Gasteiger partial charge on any atom is 0.250 e. The van der Waals surface area contributed by atoms with Gasteiger partial charge >= 0.3 is 0 Å². The normalized spacial score (nSPS) is 13.4. The molecular weight excluding hydrogens is 469 g/mol. The van der Waals surface area contributed by atoms with Gasteiger partial charge < -0.3 is 11.1 Å². The van der Waals surface area contributed by atoms with E-state index in [4.69, 9.17) is 17.3 Å². The van der Waals surface area contributed by atoms with Crippen molar-refractivity contribution in [1.29, 1.82) is 0 Å². The average Bonchev–Trinajstić information content (AvgIpc) is 3.04. The molecule has 0 bridgehead atoms. The fourth-order valence-corrected chi connectivity index (χ4v) is 5.40. The van der Waals surface area contributed by atoms with Gasteiger partial charge in [-0.05, 0) is 43.5 Å². The third kappa shape index (κ3) is 7.04. The summed E-state index contributed by atoms with van der Waals surface area (Å²) in [5.41, 5.74) is 8.06. The second-order valence-electron chi connectivity index (χ2n) is 8.18. The van der Waals surface area contributed by atoms with E-state index in [-0.39, 0.29) is 43.0 Å². The molecule has 3 rings (SSSR count). The summed E-state index contributed by atoms with van der Waals surface area (Å²) < 4.78 is 0. The summed E-state index contributed by atoms with van der Waals surface area (Å²) in [6.07, 6.45) is 1.61. The lowest BCUT2D eigenvalue weighted by Crippen LogP contribution is -2.36. The maximum absolute atomic E-state index is 12.7. The minimum atomic E-state index is -0.475. The maximum atomic E-state index is 12.7. The van der Waals surface area contributed by atoms with Crippen molar-refractivity contribution in [3.63, 3.8) is 0 Å². The van der Waals surface area contributed by atoms with Gasteiger partial charge in [-0.25, -0.2) is 0 Å². The number of hydrogen-bond donors (Lipinski definition) is 2. The van der Waals surface area contributed by atoms with Crippen LogP contribution in [-0.2, 0) is 35.4 Å². The number of nitrogens with one attached hydrogen (secondary N) is 1. The van der Waals surface area contributed by atoms with Crippen LogP contribution in [0.1, 0.15) is 51.5 Å². The summed E-state index contributed by atoms with van der Waals surface area (Å²) in [6.45, 7) is 5.97. The van der Waals surface area contributed by atoms with Gasteiger partial charge in [-0.15, -0.1) is 23.7 Å². The van der Waals surface area contributed by atoms with E-state index in [9.17, 15) is 14.4 Å². The molecule has 174 valence electrons. The Labute approximate surface area is 203 Å². The number of nitrogens with zero attached hydrogens (tertiary/aromatic N) is 1. The number of benzene rings is 1. The molecule has 0 unspecified atom stereocenters. The van der Waals surface area contributed by atoms with Crippen LogP contribution in [0.3, 0.4) is 0 Å². The van der Waals surface area contributed by atoms with Crippen molar-refractivity contribution >= 4 is 52.9 Å². The molecule has 0 aliphatic carbocycles. The molecule has 2 aromatic rings. The SMILES string of the molecule is CC(C)NC(=O)CCN1CCc2c(sc(CC(=O)Cc3ccc(Cl)cc3)c2C(N)=O)C1.Cl. The number of hydrogen-bond acceptors (Lipinski definition) is 5. The summed E-state index contributed by atoms with van der Waals surface area (Å²) in [6, 6.07) is 7.32. The first-order valence-corrected chi connectivity index (χ1v) is 11.6. The van der Waals surface area contributed by atoms with E-state index < -0.39 is 5.91 Å². The van der Waals surface area contributed by atoms with Crippen molar-refractivity contribution in [2.75, 3.05) is 13.1 Å². The molecule has 2 amide bonds. The van der Waals surface area contributed by atoms with E-state index >= 15 is 0 Å². The molecule has 32 heavy (non-hydrogen) atoms. The molecule has 2 heterocycles. The lowest BCUT2D eigenvalue weighted by Gasteiger charge is -2.27. The number of carbonyl (C=O) groups excluding carboxylic acids is 3. The van der Waals surface area contributed by atoms with Crippen molar-refractivity contribution in [3.8, 4) is 0 Å². The van der Waals surface area contributed by atoms with Crippen molar-refractivity contribution in [3.05, 3.63) is 55.7 Å². The van der Waals surface area contributed by atoms with Gasteiger partial charge in [0, 0.05) is 59.7 Å². The number of carbonyl (C=O) groups is 3. The lowest BCUT2D eigenvalue weighted by molar-refractivity contribution is -0.122. The predicted molar refractivity (Wildman–Crippen MR) is 131 cm³/mol. The highest BCUT2D eigenvalue weighted by Crippen LogP contribution is 2.33. The first kappa shape index (κ1) is 26.3. The molecule has 9 heteroatoms. The highest BCUT2D eigenvalue weighted by atomic mass is 35.5.